The summed E-state index contributed by atoms with van der Waals surface area (Å²) in [4.78, 5) is 23.8. The SMILES string of the molecule is CCOC(=O)c1ccccc1NCCC(=O)NCCc1ccccc1. The van der Waals surface area contributed by atoms with Crippen LogP contribution in [-0.4, -0.2) is 31.6 Å². The lowest BCUT2D eigenvalue weighted by atomic mass is 10.1. The number of carbonyl (C=O) groups excluding carboxylic acids is 2. The molecule has 0 aliphatic carbocycles. The summed E-state index contributed by atoms with van der Waals surface area (Å²) in [5.41, 5.74) is 2.36. The van der Waals surface area contributed by atoms with Gasteiger partial charge in [0.15, 0.2) is 0 Å². The van der Waals surface area contributed by atoms with Gasteiger partial charge in [-0.25, -0.2) is 4.79 Å². The summed E-state index contributed by atoms with van der Waals surface area (Å²) < 4.78 is 5.03. The van der Waals surface area contributed by atoms with Gasteiger partial charge in [0, 0.05) is 25.2 Å². The summed E-state index contributed by atoms with van der Waals surface area (Å²) in [7, 11) is 0. The predicted molar refractivity (Wildman–Crippen MR) is 98.7 cm³/mol. The number of anilines is 1. The van der Waals surface area contributed by atoms with E-state index in [0.29, 0.717) is 37.4 Å². The molecule has 0 saturated heterocycles. The van der Waals surface area contributed by atoms with E-state index in [0.717, 1.165) is 6.42 Å². The molecule has 2 aromatic carbocycles. The Labute approximate surface area is 148 Å². The van der Waals surface area contributed by atoms with Crippen LogP contribution in [0.4, 0.5) is 5.69 Å². The first-order valence-corrected chi connectivity index (χ1v) is 8.51. The zero-order chi connectivity index (χ0) is 17.9. The second-order valence-electron chi connectivity index (χ2n) is 5.53. The molecule has 0 heterocycles. The number of benzene rings is 2. The Bertz CT molecular complexity index is 686. The molecule has 2 N–H and O–H groups in total. The minimum absolute atomic E-state index is 0.0166. The minimum Gasteiger partial charge on any atom is -0.462 e. The molecule has 0 unspecified atom stereocenters. The fourth-order valence-electron chi connectivity index (χ4n) is 2.41. The number of hydrogen-bond acceptors (Lipinski definition) is 4. The highest BCUT2D eigenvalue weighted by molar-refractivity contribution is 5.95. The maximum Gasteiger partial charge on any atom is 0.340 e. The number of para-hydroxylation sites is 1. The van der Waals surface area contributed by atoms with Gasteiger partial charge in [0.25, 0.3) is 0 Å². The minimum atomic E-state index is -0.363. The van der Waals surface area contributed by atoms with Crippen molar-refractivity contribution in [2.75, 3.05) is 25.0 Å². The number of ether oxygens (including phenoxy) is 1. The molecule has 0 aromatic heterocycles. The highest BCUT2D eigenvalue weighted by Crippen LogP contribution is 2.16. The Balaban J connectivity index is 1.73. The highest BCUT2D eigenvalue weighted by Gasteiger charge is 2.11. The standard InChI is InChI=1S/C20H24N2O3/c1-2-25-20(24)17-10-6-7-11-18(17)21-15-13-19(23)22-14-12-16-8-4-3-5-9-16/h3-11,21H,2,12-15H2,1H3,(H,22,23). The van der Waals surface area contributed by atoms with Crippen molar-refractivity contribution < 1.29 is 14.3 Å². The van der Waals surface area contributed by atoms with Crippen LogP contribution in [0, 0.1) is 0 Å². The predicted octanol–water partition coefficient (Wildman–Crippen LogP) is 3.02. The Kier molecular flexibility index (Phi) is 7.50. The molecule has 0 atom stereocenters. The van der Waals surface area contributed by atoms with Crippen molar-refractivity contribution in [1.29, 1.82) is 0 Å². The average Bonchev–Trinajstić information content (AvgIpc) is 2.63. The van der Waals surface area contributed by atoms with Gasteiger partial charge in [-0.05, 0) is 31.0 Å². The molecule has 0 radical (unpaired) electrons. The molecule has 0 saturated carbocycles. The van der Waals surface area contributed by atoms with Gasteiger partial charge in [0.1, 0.15) is 0 Å². The molecule has 0 spiro atoms. The van der Waals surface area contributed by atoms with E-state index in [9.17, 15) is 9.59 Å². The van der Waals surface area contributed by atoms with Crippen LogP contribution in [-0.2, 0) is 16.0 Å². The van der Waals surface area contributed by atoms with Gasteiger partial charge in [-0.1, -0.05) is 42.5 Å². The monoisotopic (exact) mass is 340 g/mol. The van der Waals surface area contributed by atoms with Crippen molar-refractivity contribution in [2.45, 2.75) is 19.8 Å². The molecule has 2 aromatic rings. The maximum atomic E-state index is 11.9. The number of nitrogens with one attached hydrogen (secondary N) is 2. The Morgan fingerprint density at radius 1 is 0.960 bits per heavy atom. The summed E-state index contributed by atoms with van der Waals surface area (Å²) in [5, 5.41) is 6.03. The zero-order valence-electron chi connectivity index (χ0n) is 14.5. The van der Waals surface area contributed by atoms with Crippen LogP contribution in [0.5, 0.6) is 0 Å². The topological polar surface area (TPSA) is 67.4 Å². The molecule has 132 valence electrons. The molecule has 5 heteroatoms. The van der Waals surface area contributed by atoms with Gasteiger partial charge in [0.05, 0.1) is 12.2 Å². The summed E-state index contributed by atoms with van der Waals surface area (Å²) in [6.45, 7) is 3.17. The molecule has 25 heavy (non-hydrogen) atoms. The van der Waals surface area contributed by atoms with Crippen LogP contribution in [0.1, 0.15) is 29.3 Å². The van der Waals surface area contributed by atoms with E-state index in [1.807, 2.05) is 36.4 Å². The number of amides is 1. The van der Waals surface area contributed by atoms with Gasteiger partial charge in [-0.3, -0.25) is 4.79 Å². The smallest absolute Gasteiger partial charge is 0.340 e. The summed E-state index contributed by atoms with van der Waals surface area (Å²) in [6.07, 6.45) is 1.15. The number of carbonyl (C=O) groups is 2. The van der Waals surface area contributed by atoms with Crippen LogP contribution in [0.2, 0.25) is 0 Å². The molecule has 0 aliphatic rings. The molecule has 0 aliphatic heterocycles. The van der Waals surface area contributed by atoms with Crippen LogP contribution in [0.25, 0.3) is 0 Å². The van der Waals surface area contributed by atoms with E-state index < -0.39 is 0 Å². The molecule has 1 amide bonds. The number of hydrogen-bond donors (Lipinski definition) is 2. The maximum absolute atomic E-state index is 11.9. The Morgan fingerprint density at radius 3 is 2.44 bits per heavy atom. The summed E-state index contributed by atoms with van der Waals surface area (Å²) in [5.74, 6) is -0.380. The Morgan fingerprint density at radius 2 is 1.68 bits per heavy atom. The van der Waals surface area contributed by atoms with Crippen molar-refractivity contribution in [3.05, 3.63) is 65.7 Å². The van der Waals surface area contributed by atoms with E-state index in [-0.39, 0.29) is 11.9 Å². The fraction of sp³-hybridized carbons (Fsp3) is 0.300. The lowest BCUT2D eigenvalue weighted by Crippen LogP contribution is -2.27. The van der Waals surface area contributed by atoms with Crippen molar-refractivity contribution >= 4 is 17.6 Å². The molecule has 5 nitrogen and oxygen atoms in total. The van der Waals surface area contributed by atoms with Gasteiger partial charge in [0.2, 0.25) is 5.91 Å². The number of esters is 1. The van der Waals surface area contributed by atoms with Crippen LogP contribution < -0.4 is 10.6 Å². The summed E-state index contributed by atoms with van der Waals surface area (Å²) >= 11 is 0. The Hall–Kier alpha value is -2.82. The van der Waals surface area contributed by atoms with Crippen LogP contribution in [0.3, 0.4) is 0 Å². The fourth-order valence-corrected chi connectivity index (χ4v) is 2.41. The molecule has 0 bridgehead atoms. The molecule has 0 fully saturated rings. The van der Waals surface area contributed by atoms with Crippen molar-refractivity contribution in [3.63, 3.8) is 0 Å². The molecular formula is C20H24N2O3. The van der Waals surface area contributed by atoms with Crippen molar-refractivity contribution in [3.8, 4) is 0 Å². The van der Waals surface area contributed by atoms with Crippen molar-refractivity contribution in [1.82, 2.24) is 5.32 Å². The first kappa shape index (κ1) is 18.5. The third kappa shape index (κ3) is 6.30. The van der Waals surface area contributed by atoms with E-state index >= 15 is 0 Å². The van der Waals surface area contributed by atoms with Gasteiger partial charge in [-0.15, -0.1) is 0 Å². The normalized spacial score (nSPS) is 10.1. The lowest BCUT2D eigenvalue weighted by Gasteiger charge is -2.11. The van der Waals surface area contributed by atoms with Gasteiger partial charge >= 0.3 is 5.97 Å². The van der Waals surface area contributed by atoms with E-state index in [1.54, 1.807) is 25.1 Å². The second kappa shape index (κ2) is 10.1. The van der Waals surface area contributed by atoms with Crippen LogP contribution >= 0.6 is 0 Å². The van der Waals surface area contributed by atoms with Gasteiger partial charge in [-0.2, -0.15) is 0 Å². The first-order chi connectivity index (χ1) is 12.2. The summed E-state index contributed by atoms with van der Waals surface area (Å²) in [6, 6.07) is 17.2. The van der Waals surface area contributed by atoms with E-state index in [4.69, 9.17) is 4.74 Å². The average molecular weight is 340 g/mol. The third-order valence-electron chi connectivity index (χ3n) is 3.67. The largest absolute Gasteiger partial charge is 0.462 e. The quantitative estimate of drug-likeness (QED) is 0.689. The second-order valence-corrected chi connectivity index (χ2v) is 5.53. The lowest BCUT2D eigenvalue weighted by molar-refractivity contribution is -0.120. The first-order valence-electron chi connectivity index (χ1n) is 8.51. The van der Waals surface area contributed by atoms with Crippen molar-refractivity contribution in [2.24, 2.45) is 0 Å². The van der Waals surface area contributed by atoms with E-state index in [1.165, 1.54) is 5.56 Å². The number of rotatable bonds is 9. The zero-order valence-corrected chi connectivity index (χ0v) is 14.5. The van der Waals surface area contributed by atoms with Gasteiger partial charge < -0.3 is 15.4 Å². The third-order valence-corrected chi connectivity index (χ3v) is 3.67. The molecular weight excluding hydrogens is 316 g/mol. The highest BCUT2D eigenvalue weighted by atomic mass is 16.5. The van der Waals surface area contributed by atoms with Crippen LogP contribution in [0.15, 0.2) is 54.6 Å². The van der Waals surface area contributed by atoms with E-state index in [2.05, 4.69) is 10.6 Å². The molecule has 2 rings (SSSR count).